The van der Waals surface area contributed by atoms with Crippen LogP contribution in [0.3, 0.4) is 0 Å². The van der Waals surface area contributed by atoms with Crippen LogP contribution in [0, 0.1) is 10.1 Å². The van der Waals surface area contributed by atoms with Crippen LogP contribution in [0.5, 0.6) is 0 Å². The quantitative estimate of drug-likeness (QED) is 0.471. The first-order chi connectivity index (χ1) is 9.93. The topological polar surface area (TPSA) is 110 Å². The maximum atomic E-state index is 11.8. The molecule has 0 unspecified atom stereocenters. The number of thioether (sulfide) groups is 1. The molecule has 112 valence electrons. The minimum absolute atomic E-state index is 0.0110. The number of carbonyl (C=O) groups excluding carboxylic acids is 1. The highest BCUT2D eigenvalue weighted by Gasteiger charge is 2.45. The predicted octanol–water partition coefficient (Wildman–Crippen LogP) is 1.81. The van der Waals surface area contributed by atoms with Crippen molar-refractivity contribution >= 4 is 29.3 Å². The van der Waals surface area contributed by atoms with Crippen LogP contribution in [-0.2, 0) is 9.59 Å². The first kappa shape index (κ1) is 15.3. The Kier molecular flexibility index (Phi) is 4.46. The highest BCUT2D eigenvalue weighted by molar-refractivity contribution is 8.00. The zero-order valence-electron chi connectivity index (χ0n) is 11.1. The average molecular weight is 310 g/mol. The summed E-state index contributed by atoms with van der Waals surface area (Å²) in [6, 6.07) is 5.86. The van der Waals surface area contributed by atoms with Gasteiger partial charge in [-0.15, -0.1) is 11.8 Å². The third kappa shape index (κ3) is 3.52. The maximum Gasteiger partial charge on any atom is 0.329 e. The highest BCUT2D eigenvalue weighted by Crippen LogP contribution is 2.32. The number of hydrogen-bond acceptors (Lipinski definition) is 5. The van der Waals surface area contributed by atoms with Crippen molar-refractivity contribution in [2.24, 2.45) is 0 Å². The average Bonchev–Trinajstić information content (AvgIpc) is 2.40. The van der Waals surface area contributed by atoms with E-state index in [4.69, 9.17) is 5.11 Å². The van der Waals surface area contributed by atoms with Crippen LogP contribution in [-0.4, -0.2) is 33.2 Å². The molecule has 0 saturated heterocycles. The Morgan fingerprint density at radius 1 is 1.33 bits per heavy atom. The molecular weight excluding hydrogens is 296 g/mol. The van der Waals surface area contributed by atoms with E-state index in [0.29, 0.717) is 17.7 Å². The number of carboxylic acids is 1. The van der Waals surface area contributed by atoms with Crippen LogP contribution in [0.4, 0.5) is 5.69 Å². The largest absolute Gasteiger partial charge is 0.480 e. The van der Waals surface area contributed by atoms with Gasteiger partial charge in [-0.2, -0.15) is 0 Å². The van der Waals surface area contributed by atoms with Gasteiger partial charge in [0.05, 0.1) is 10.7 Å². The highest BCUT2D eigenvalue weighted by atomic mass is 32.2. The lowest BCUT2D eigenvalue weighted by Crippen LogP contribution is -2.59. The number of nitrogens with one attached hydrogen (secondary N) is 1. The summed E-state index contributed by atoms with van der Waals surface area (Å²) in [7, 11) is 0. The Morgan fingerprint density at radius 2 is 1.95 bits per heavy atom. The van der Waals surface area contributed by atoms with Crippen molar-refractivity contribution in [2.45, 2.75) is 29.7 Å². The first-order valence-corrected chi connectivity index (χ1v) is 7.33. The molecule has 0 heterocycles. The molecule has 1 aromatic carbocycles. The van der Waals surface area contributed by atoms with Crippen molar-refractivity contribution in [3.63, 3.8) is 0 Å². The van der Waals surface area contributed by atoms with Gasteiger partial charge in [-0.1, -0.05) is 0 Å². The van der Waals surface area contributed by atoms with E-state index in [0.717, 1.165) is 6.42 Å². The van der Waals surface area contributed by atoms with E-state index in [9.17, 15) is 19.7 Å². The summed E-state index contributed by atoms with van der Waals surface area (Å²) in [6.45, 7) is 0. The van der Waals surface area contributed by atoms with Gasteiger partial charge in [0, 0.05) is 17.0 Å². The molecule has 21 heavy (non-hydrogen) atoms. The zero-order chi connectivity index (χ0) is 15.5. The van der Waals surface area contributed by atoms with E-state index in [1.807, 2.05) is 0 Å². The number of non-ortho nitro benzene ring substituents is 1. The lowest BCUT2D eigenvalue weighted by Gasteiger charge is -2.38. The Labute approximate surface area is 124 Å². The predicted molar refractivity (Wildman–Crippen MR) is 76.2 cm³/mol. The monoisotopic (exact) mass is 310 g/mol. The van der Waals surface area contributed by atoms with Crippen LogP contribution in [0.1, 0.15) is 19.3 Å². The third-order valence-electron chi connectivity index (χ3n) is 3.41. The molecule has 1 saturated carbocycles. The van der Waals surface area contributed by atoms with E-state index >= 15 is 0 Å². The summed E-state index contributed by atoms with van der Waals surface area (Å²) < 4.78 is 0. The van der Waals surface area contributed by atoms with Crippen molar-refractivity contribution in [3.8, 4) is 0 Å². The van der Waals surface area contributed by atoms with Crippen LogP contribution < -0.4 is 5.32 Å². The van der Waals surface area contributed by atoms with Crippen molar-refractivity contribution in [1.82, 2.24) is 5.32 Å². The summed E-state index contributed by atoms with van der Waals surface area (Å²) in [4.78, 5) is 33.7. The molecule has 1 fully saturated rings. The number of nitro benzene ring substituents is 1. The van der Waals surface area contributed by atoms with Gasteiger partial charge in [-0.05, 0) is 31.4 Å². The van der Waals surface area contributed by atoms with Gasteiger partial charge in [-0.25, -0.2) is 4.79 Å². The van der Waals surface area contributed by atoms with E-state index in [1.165, 1.54) is 23.9 Å². The fraction of sp³-hybridized carbons (Fsp3) is 0.385. The molecule has 0 radical (unpaired) electrons. The minimum Gasteiger partial charge on any atom is -0.480 e. The number of aliphatic carboxylic acids is 1. The lowest BCUT2D eigenvalue weighted by atomic mass is 9.77. The molecule has 0 aromatic heterocycles. The third-order valence-corrected chi connectivity index (χ3v) is 4.42. The summed E-state index contributed by atoms with van der Waals surface area (Å²) in [5.74, 6) is -1.27. The first-order valence-electron chi connectivity index (χ1n) is 6.35. The van der Waals surface area contributed by atoms with Crippen LogP contribution in [0.2, 0.25) is 0 Å². The van der Waals surface area contributed by atoms with Gasteiger partial charge < -0.3 is 10.4 Å². The second-order valence-electron chi connectivity index (χ2n) is 4.83. The number of carbonyl (C=O) groups is 2. The van der Waals surface area contributed by atoms with Gasteiger partial charge in [0.15, 0.2) is 0 Å². The van der Waals surface area contributed by atoms with Crippen LogP contribution in [0.25, 0.3) is 0 Å². The van der Waals surface area contributed by atoms with Crippen molar-refractivity contribution in [3.05, 3.63) is 34.4 Å². The molecule has 8 heteroatoms. The van der Waals surface area contributed by atoms with Crippen molar-refractivity contribution < 1.29 is 19.6 Å². The summed E-state index contributed by atoms with van der Waals surface area (Å²) in [6.07, 6.45) is 1.70. The van der Waals surface area contributed by atoms with Gasteiger partial charge in [-0.3, -0.25) is 14.9 Å². The van der Waals surface area contributed by atoms with Gasteiger partial charge in [0.25, 0.3) is 5.69 Å². The van der Waals surface area contributed by atoms with Crippen LogP contribution >= 0.6 is 11.8 Å². The number of nitro groups is 1. The number of rotatable bonds is 6. The normalized spacial score (nSPS) is 15.8. The zero-order valence-corrected chi connectivity index (χ0v) is 11.9. The molecular formula is C13H14N2O5S. The fourth-order valence-corrected chi connectivity index (χ4v) is 2.74. The standard InChI is InChI=1S/C13H14N2O5S/c16-11(14-13(12(17)18)6-1-7-13)8-21-10-4-2-9(3-5-10)15(19)20/h2-5H,1,6-8H2,(H,14,16)(H,17,18). The van der Waals surface area contributed by atoms with E-state index < -0.39 is 16.4 Å². The molecule has 0 aliphatic heterocycles. The smallest absolute Gasteiger partial charge is 0.329 e. The number of hydrogen-bond donors (Lipinski definition) is 2. The summed E-state index contributed by atoms with van der Waals surface area (Å²) in [5, 5.41) is 22.2. The Morgan fingerprint density at radius 3 is 2.38 bits per heavy atom. The molecule has 1 aromatic rings. The van der Waals surface area contributed by atoms with Crippen molar-refractivity contribution in [2.75, 3.05) is 5.75 Å². The molecule has 0 spiro atoms. The molecule has 0 atom stereocenters. The number of carboxylic acid groups (broad SMARTS) is 1. The maximum absolute atomic E-state index is 11.8. The van der Waals surface area contributed by atoms with Crippen LogP contribution in [0.15, 0.2) is 29.2 Å². The second kappa shape index (κ2) is 6.13. The molecule has 7 nitrogen and oxygen atoms in total. The van der Waals surface area contributed by atoms with Gasteiger partial charge >= 0.3 is 5.97 Å². The fourth-order valence-electron chi connectivity index (χ4n) is 2.04. The number of benzene rings is 1. The number of nitrogens with zero attached hydrogens (tertiary/aromatic N) is 1. The molecule has 2 rings (SSSR count). The molecule has 0 bridgehead atoms. The van der Waals surface area contributed by atoms with E-state index in [2.05, 4.69) is 5.32 Å². The van der Waals surface area contributed by atoms with E-state index in [-0.39, 0.29) is 17.3 Å². The molecule has 2 N–H and O–H groups in total. The Bertz CT molecular complexity index is 568. The summed E-state index contributed by atoms with van der Waals surface area (Å²) in [5.41, 5.74) is -1.12. The Hall–Kier alpha value is -2.09. The number of amides is 1. The van der Waals surface area contributed by atoms with E-state index in [1.54, 1.807) is 12.1 Å². The molecule has 1 aliphatic rings. The molecule has 1 aliphatic carbocycles. The minimum atomic E-state index is -1.10. The SMILES string of the molecule is O=C(CSc1ccc([N+](=O)[O-])cc1)NC1(C(=O)O)CCC1. The second-order valence-corrected chi connectivity index (χ2v) is 5.88. The van der Waals surface area contributed by atoms with Gasteiger partial charge in [0.2, 0.25) is 5.91 Å². The molecule has 1 amide bonds. The lowest BCUT2D eigenvalue weighted by molar-refractivity contribution is -0.384. The summed E-state index contributed by atoms with van der Waals surface area (Å²) >= 11 is 1.21. The van der Waals surface area contributed by atoms with Gasteiger partial charge in [0.1, 0.15) is 5.54 Å². The van der Waals surface area contributed by atoms with Crippen molar-refractivity contribution in [1.29, 1.82) is 0 Å². The Balaban J connectivity index is 1.86.